The molecule has 1 aromatic heterocycles. The second kappa shape index (κ2) is 3.09. The van der Waals surface area contributed by atoms with Crippen LogP contribution >= 0.6 is 0 Å². The summed E-state index contributed by atoms with van der Waals surface area (Å²) in [5.74, 6) is 0. The summed E-state index contributed by atoms with van der Waals surface area (Å²) in [6, 6.07) is 7.41. The molecule has 3 rings (SSSR count). The van der Waals surface area contributed by atoms with Gasteiger partial charge in [-0.3, -0.25) is 0 Å². The fourth-order valence-corrected chi connectivity index (χ4v) is 2.14. The minimum atomic E-state index is 0.206. The van der Waals surface area contributed by atoms with Crippen LogP contribution in [0.5, 0.6) is 0 Å². The molecule has 0 N–H and O–H groups in total. The van der Waals surface area contributed by atoms with E-state index in [0.717, 1.165) is 5.52 Å². The van der Waals surface area contributed by atoms with E-state index in [2.05, 4.69) is 48.5 Å². The van der Waals surface area contributed by atoms with Crippen molar-refractivity contribution in [2.75, 3.05) is 0 Å². The van der Waals surface area contributed by atoms with Gasteiger partial charge in [-0.2, -0.15) is 0 Å². The molecule has 0 atom stereocenters. The molecule has 0 saturated heterocycles. The Bertz CT molecular complexity index is 527. The van der Waals surface area contributed by atoms with E-state index in [1.54, 1.807) is 0 Å². The Labute approximate surface area is 96.3 Å². The van der Waals surface area contributed by atoms with Gasteiger partial charge >= 0.3 is 0 Å². The van der Waals surface area contributed by atoms with Crippen LogP contribution in [0.15, 0.2) is 24.5 Å². The van der Waals surface area contributed by atoms with Crippen LogP contribution in [0.25, 0.3) is 11.0 Å². The monoisotopic (exact) mass is 214 g/mol. The summed E-state index contributed by atoms with van der Waals surface area (Å²) in [4.78, 5) is 4.52. The first kappa shape index (κ1) is 9.88. The van der Waals surface area contributed by atoms with E-state index < -0.39 is 0 Å². The highest BCUT2D eigenvalue weighted by molar-refractivity contribution is 5.76. The van der Waals surface area contributed by atoms with Crippen LogP contribution in [0.1, 0.15) is 45.2 Å². The Hall–Kier alpha value is -1.31. The second-order valence-corrected chi connectivity index (χ2v) is 5.84. The molecule has 1 heterocycles. The van der Waals surface area contributed by atoms with E-state index in [1.165, 1.54) is 23.9 Å². The predicted molar refractivity (Wildman–Crippen MR) is 66.7 cm³/mol. The van der Waals surface area contributed by atoms with Gasteiger partial charge < -0.3 is 4.57 Å². The summed E-state index contributed by atoms with van der Waals surface area (Å²) >= 11 is 0. The van der Waals surface area contributed by atoms with Gasteiger partial charge in [-0.25, -0.2) is 4.98 Å². The van der Waals surface area contributed by atoms with E-state index in [9.17, 15) is 0 Å². The summed E-state index contributed by atoms with van der Waals surface area (Å²) in [6.07, 6.45) is 4.62. The van der Waals surface area contributed by atoms with Gasteiger partial charge in [0.1, 0.15) is 0 Å². The average Bonchev–Trinajstić information content (AvgIpc) is 2.96. The highest BCUT2D eigenvalue weighted by atomic mass is 15.1. The highest BCUT2D eigenvalue weighted by Crippen LogP contribution is 2.37. The average molecular weight is 214 g/mol. The van der Waals surface area contributed by atoms with Crippen molar-refractivity contribution in [1.82, 2.24) is 9.55 Å². The third kappa shape index (κ3) is 1.53. The van der Waals surface area contributed by atoms with Gasteiger partial charge in [0.25, 0.3) is 0 Å². The number of nitrogens with zero attached hydrogens (tertiary/aromatic N) is 2. The van der Waals surface area contributed by atoms with Crippen molar-refractivity contribution in [3.8, 4) is 0 Å². The zero-order valence-electron chi connectivity index (χ0n) is 10.2. The number of hydrogen-bond donors (Lipinski definition) is 0. The SMILES string of the molecule is CC(C)(C)c1ccc2c(c1)ncn2C1CC1. The Morgan fingerprint density at radius 1 is 1.25 bits per heavy atom. The van der Waals surface area contributed by atoms with Crippen LogP contribution in [0.2, 0.25) is 0 Å². The minimum absolute atomic E-state index is 0.206. The van der Waals surface area contributed by atoms with Crippen molar-refractivity contribution >= 4 is 11.0 Å². The largest absolute Gasteiger partial charge is 0.327 e. The van der Waals surface area contributed by atoms with E-state index in [0.29, 0.717) is 6.04 Å². The summed E-state index contributed by atoms with van der Waals surface area (Å²) in [5, 5.41) is 0. The molecule has 0 spiro atoms. The number of fused-ring (bicyclic) bond motifs is 1. The van der Waals surface area contributed by atoms with E-state index in [4.69, 9.17) is 0 Å². The molecular formula is C14H18N2. The van der Waals surface area contributed by atoms with E-state index >= 15 is 0 Å². The van der Waals surface area contributed by atoms with Crippen LogP contribution in [0.4, 0.5) is 0 Å². The zero-order chi connectivity index (χ0) is 11.3. The molecule has 1 aliphatic carbocycles. The van der Waals surface area contributed by atoms with Gasteiger partial charge in [0.05, 0.1) is 17.4 Å². The Kier molecular flexibility index (Phi) is 1.91. The normalized spacial score (nSPS) is 16.9. The Balaban J connectivity index is 2.13. The van der Waals surface area contributed by atoms with Crippen LogP contribution in [0, 0.1) is 0 Å². The Morgan fingerprint density at radius 3 is 2.62 bits per heavy atom. The first-order chi connectivity index (χ1) is 7.55. The van der Waals surface area contributed by atoms with Gasteiger partial charge in [0.15, 0.2) is 0 Å². The smallest absolute Gasteiger partial charge is 0.0960 e. The molecule has 1 aromatic carbocycles. The van der Waals surface area contributed by atoms with E-state index in [-0.39, 0.29) is 5.41 Å². The highest BCUT2D eigenvalue weighted by Gasteiger charge is 2.25. The number of aromatic nitrogens is 2. The molecule has 0 aliphatic heterocycles. The third-order valence-corrected chi connectivity index (χ3v) is 3.38. The fourth-order valence-electron chi connectivity index (χ4n) is 2.14. The summed E-state index contributed by atoms with van der Waals surface area (Å²) in [5.41, 5.74) is 3.99. The fraction of sp³-hybridized carbons (Fsp3) is 0.500. The van der Waals surface area contributed by atoms with Crippen molar-refractivity contribution in [2.24, 2.45) is 0 Å². The van der Waals surface area contributed by atoms with Crippen molar-refractivity contribution in [3.05, 3.63) is 30.1 Å². The molecular weight excluding hydrogens is 196 g/mol. The lowest BCUT2D eigenvalue weighted by molar-refractivity contribution is 0.591. The van der Waals surface area contributed by atoms with Crippen LogP contribution in [-0.4, -0.2) is 9.55 Å². The van der Waals surface area contributed by atoms with Crippen LogP contribution < -0.4 is 0 Å². The van der Waals surface area contributed by atoms with Crippen molar-refractivity contribution in [1.29, 1.82) is 0 Å². The summed E-state index contributed by atoms with van der Waals surface area (Å²) < 4.78 is 2.32. The molecule has 2 aromatic rings. The topological polar surface area (TPSA) is 17.8 Å². The first-order valence-electron chi connectivity index (χ1n) is 6.03. The summed E-state index contributed by atoms with van der Waals surface area (Å²) in [6.45, 7) is 6.73. The molecule has 2 heteroatoms. The maximum absolute atomic E-state index is 4.52. The quantitative estimate of drug-likeness (QED) is 0.708. The van der Waals surface area contributed by atoms with Crippen molar-refractivity contribution < 1.29 is 0 Å². The third-order valence-electron chi connectivity index (χ3n) is 3.38. The molecule has 1 fully saturated rings. The predicted octanol–water partition coefficient (Wildman–Crippen LogP) is 3.67. The zero-order valence-corrected chi connectivity index (χ0v) is 10.2. The number of benzene rings is 1. The standard InChI is InChI=1S/C14H18N2/c1-14(2,3)10-4-7-13-12(8-10)15-9-16(13)11-5-6-11/h4,7-9,11H,5-6H2,1-3H3. The number of imidazole rings is 1. The first-order valence-corrected chi connectivity index (χ1v) is 6.03. The molecule has 0 unspecified atom stereocenters. The molecule has 84 valence electrons. The molecule has 0 amide bonds. The van der Waals surface area contributed by atoms with Crippen molar-refractivity contribution in [2.45, 2.75) is 45.1 Å². The lowest BCUT2D eigenvalue weighted by Gasteiger charge is -2.18. The lowest BCUT2D eigenvalue weighted by atomic mass is 9.87. The molecule has 1 saturated carbocycles. The van der Waals surface area contributed by atoms with E-state index in [1.807, 2.05) is 6.33 Å². The van der Waals surface area contributed by atoms with Crippen LogP contribution in [-0.2, 0) is 5.41 Å². The molecule has 0 bridgehead atoms. The molecule has 2 nitrogen and oxygen atoms in total. The molecule has 16 heavy (non-hydrogen) atoms. The minimum Gasteiger partial charge on any atom is -0.327 e. The number of rotatable bonds is 1. The van der Waals surface area contributed by atoms with Gasteiger partial charge in [-0.15, -0.1) is 0 Å². The van der Waals surface area contributed by atoms with Crippen LogP contribution in [0.3, 0.4) is 0 Å². The number of hydrogen-bond acceptors (Lipinski definition) is 1. The maximum atomic E-state index is 4.52. The van der Waals surface area contributed by atoms with Gasteiger partial charge in [0, 0.05) is 6.04 Å². The maximum Gasteiger partial charge on any atom is 0.0960 e. The second-order valence-electron chi connectivity index (χ2n) is 5.84. The van der Waals surface area contributed by atoms with Crippen molar-refractivity contribution in [3.63, 3.8) is 0 Å². The lowest BCUT2D eigenvalue weighted by Crippen LogP contribution is -2.10. The summed E-state index contributed by atoms with van der Waals surface area (Å²) in [7, 11) is 0. The van der Waals surface area contributed by atoms with Gasteiger partial charge in [-0.1, -0.05) is 26.8 Å². The van der Waals surface area contributed by atoms with Gasteiger partial charge in [0.2, 0.25) is 0 Å². The Morgan fingerprint density at radius 2 is 2.00 bits per heavy atom. The molecule has 1 aliphatic rings. The van der Waals surface area contributed by atoms with Gasteiger partial charge in [-0.05, 0) is 36.0 Å². The molecule has 0 radical (unpaired) electrons.